The molecule has 212 valence electrons. The van der Waals surface area contributed by atoms with Gasteiger partial charge in [-0.3, -0.25) is 9.74 Å². The van der Waals surface area contributed by atoms with E-state index in [1.807, 2.05) is 26.0 Å². The maximum absolute atomic E-state index is 12.6. The number of fused-ring (bicyclic) bond motifs is 1. The topological polar surface area (TPSA) is 89.1 Å². The van der Waals surface area contributed by atoms with E-state index >= 15 is 0 Å². The third-order valence-corrected chi connectivity index (χ3v) is 7.54. The molecule has 10 heteroatoms. The van der Waals surface area contributed by atoms with Gasteiger partial charge in [0.25, 0.3) is 5.95 Å². The predicted molar refractivity (Wildman–Crippen MR) is 156 cm³/mol. The number of aryl methyl sites for hydroxylation is 1. The zero-order valence-electron chi connectivity index (χ0n) is 23.2. The molecule has 5 rings (SSSR count). The molecule has 1 saturated heterocycles. The maximum atomic E-state index is 12.6. The monoisotopic (exact) mass is 565 g/mol. The predicted octanol–water partition coefficient (Wildman–Crippen LogP) is 5.72. The molecule has 3 aromatic rings. The van der Waals surface area contributed by atoms with Gasteiger partial charge in [0.1, 0.15) is 5.02 Å². The van der Waals surface area contributed by atoms with Crippen molar-refractivity contribution in [3.05, 3.63) is 70.4 Å². The summed E-state index contributed by atoms with van der Waals surface area (Å²) in [4.78, 5) is 30.1. The summed E-state index contributed by atoms with van der Waals surface area (Å²) in [6, 6.07) is 14.0. The van der Waals surface area contributed by atoms with Crippen LogP contribution in [-0.4, -0.2) is 66.4 Å². The van der Waals surface area contributed by atoms with Crippen molar-refractivity contribution in [2.75, 3.05) is 43.8 Å². The molecule has 2 aromatic carbocycles. The first-order valence-electron chi connectivity index (χ1n) is 13.8. The number of benzene rings is 2. The fourth-order valence-corrected chi connectivity index (χ4v) is 5.47. The number of para-hydroxylation sites is 1. The number of nitrogens with zero attached hydrogens (tertiary/aromatic N) is 4. The first kappa shape index (κ1) is 28.3. The number of aromatic nitrogens is 2. The molecule has 0 radical (unpaired) electrons. The molecule has 9 nitrogen and oxygen atoms in total. The summed E-state index contributed by atoms with van der Waals surface area (Å²) in [5.74, 6) is 0.237. The van der Waals surface area contributed by atoms with Crippen LogP contribution in [-0.2, 0) is 27.2 Å². The first-order chi connectivity index (χ1) is 19.4. The van der Waals surface area contributed by atoms with Crippen molar-refractivity contribution in [1.29, 1.82) is 0 Å². The number of morpholine rings is 1. The Bertz CT molecular complexity index is 1330. The molecule has 1 unspecified atom stereocenters. The van der Waals surface area contributed by atoms with Gasteiger partial charge in [0.05, 0.1) is 49.6 Å². The summed E-state index contributed by atoms with van der Waals surface area (Å²) < 4.78 is 11.0. The van der Waals surface area contributed by atoms with Gasteiger partial charge < -0.3 is 14.8 Å². The number of ether oxygens (including phenoxy) is 2. The molecule has 1 fully saturated rings. The molecule has 0 bridgehead atoms. The molecule has 0 saturated carbocycles. The lowest BCUT2D eigenvalue weighted by molar-refractivity contribution is 0.0149. The number of carbonyl (C=O) groups excluding carboxylic acids is 1. The van der Waals surface area contributed by atoms with Crippen molar-refractivity contribution in [2.24, 2.45) is 0 Å². The highest BCUT2D eigenvalue weighted by molar-refractivity contribution is 6.33. The second-order valence-electron chi connectivity index (χ2n) is 10.3. The van der Waals surface area contributed by atoms with Gasteiger partial charge in [-0.2, -0.15) is 10.0 Å². The van der Waals surface area contributed by atoms with Crippen molar-refractivity contribution >= 4 is 40.7 Å². The van der Waals surface area contributed by atoms with E-state index in [1.54, 1.807) is 30.4 Å². The number of hydrogen-bond acceptors (Lipinski definition) is 9. The largest absolute Gasteiger partial charge is 0.459 e. The molecule has 1 aromatic heterocycles. The number of halogens is 1. The van der Waals surface area contributed by atoms with Gasteiger partial charge in [0.2, 0.25) is 0 Å². The third kappa shape index (κ3) is 6.55. The van der Waals surface area contributed by atoms with E-state index in [1.165, 1.54) is 23.7 Å². The van der Waals surface area contributed by atoms with Crippen LogP contribution in [0.1, 0.15) is 48.2 Å². The van der Waals surface area contributed by atoms with Crippen molar-refractivity contribution in [3.8, 4) is 0 Å². The second kappa shape index (κ2) is 13.0. The highest BCUT2D eigenvalue weighted by Crippen LogP contribution is 2.33. The van der Waals surface area contributed by atoms with Gasteiger partial charge in [-0.25, -0.2) is 9.78 Å². The third-order valence-electron chi connectivity index (χ3n) is 7.26. The fraction of sp³-hybridized carbons (Fsp3) is 0.433. The Kier molecular flexibility index (Phi) is 9.16. The van der Waals surface area contributed by atoms with Crippen LogP contribution in [0.3, 0.4) is 0 Å². The number of esters is 1. The average molecular weight is 566 g/mol. The highest BCUT2D eigenvalue weighted by Gasteiger charge is 2.25. The minimum atomic E-state index is -0.428. The molecule has 1 aliphatic heterocycles. The van der Waals surface area contributed by atoms with Crippen LogP contribution in [0, 0.1) is 0 Å². The number of hydrogen-bond donors (Lipinski definition) is 1. The summed E-state index contributed by atoms with van der Waals surface area (Å²) in [6.45, 7) is 7.26. The summed E-state index contributed by atoms with van der Waals surface area (Å²) in [5.41, 5.74) is 4.44. The van der Waals surface area contributed by atoms with E-state index in [9.17, 15) is 4.79 Å². The molecule has 2 heterocycles. The normalized spacial score (nSPS) is 17.7. The number of anilines is 4. The van der Waals surface area contributed by atoms with Gasteiger partial charge in [0.15, 0.2) is 5.82 Å². The molecule has 2 aliphatic rings. The number of carbonyl (C=O) groups is 1. The Morgan fingerprint density at radius 2 is 1.98 bits per heavy atom. The molecular weight excluding hydrogens is 530 g/mol. The zero-order chi connectivity index (χ0) is 28.1. The van der Waals surface area contributed by atoms with Crippen LogP contribution in [0.25, 0.3) is 0 Å². The van der Waals surface area contributed by atoms with E-state index in [0.717, 1.165) is 51.3 Å². The summed E-state index contributed by atoms with van der Waals surface area (Å²) in [5, 5.41) is 5.08. The van der Waals surface area contributed by atoms with E-state index in [0.29, 0.717) is 34.1 Å². The maximum Gasteiger partial charge on any atom is 0.340 e. The van der Waals surface area contributed by atoms with E-state index in [4.69, 9.17) is 25.9 Å². The van der Waals surface area contributed by atoms with Gasteiger partial charge in [0, 0.05) is 19.1 Å². The van der Waals surface area contributed by atoms with Crippen LogP contribution in [0.2, 0.25) is 5.02 Å². The Hall–Kier alpha value is -3.24. The highest BCUT2D eigenvalue weighted by atomic mass is 35.5. The molecule has 0 spiro atoms. The lowest BCUT2D eigenvalue weighted by atomic mass is 10.00. The minimum Gasteiger partial charge on any atom is -0.459 e. The van der Waals surface area contributed by atoms with Gasteiger partial charge in [-0.1, -0.05) is 29.8 Å². The van der Waals surface area contributed by atoms with Crippen molar-refractivity contribution < 1.29 is 19.1 Å². The quantitative estimate of drug-likeness (QED) is 0.209. The van der Waals surface area contributed by atoms with Crippen LogP contribution in [0.4, 0.5) is 23.1 Å². The smallest absolute Gasteiger partial charge is 0.340 e. The lowest BCUT2D eigenvalue weighted by Gasteiger charge is -2.34. The Morgan fingerprint density at radius 3 is 2.75 bits per heavy atom. The Morgan fingerprint density at radius 1 is 1.18 bits per heavy atom. The Balaban J connectivity index is 1.38. The van der Waals surface area contributed by atoms with Crippen LogP contribution < -0.4 is 10.4 Å². The van der Waals surface area contributed by atoms with Crippen molar-refractivity contribution in [3.63, 3.8) is 0 Å². The van der Waals surface area contributed by atoms with Crippen LogP contribution >= 0.6 is 11.6 Å². The van der Waals surface area contributed by atoms with Crippen LogP contribution in [0.5, 0.6) is 0 Å². The number of nitrogens with one attached hydrogen (secondary N) is 1. The zero-order valence-corrected chi connectivity index (χ0v) is 24.0. The van der Waals surface area contributed by atoms with E-state index in [-0.39, 0.29) is 6.10 Å². The lowest BCUT2D eigenvalue weighted by Crippen LogP contribution is -2.44. The van der Waals surface area contributed by atoms with Crippen LogP contribution in [0.15, 0.2) is 48.7 Å². The summed E-state index contributed by atoms with van der Waals surface area (Å²) >= 11 is 6.47. The average Bonchev–Trinajstić information content (AvgIpc) is 3.18. The van der Waals surface area contributed by atoms with Gasteiger partial charge in [-0.15, -0.1) is 0 Å². The fourth-order valence-electron chi connectivity index (χ4n) is 5.33. The van der Waals surface area contributed by atoms with E-state index in [2.05, 4.69) is 32.3 Å². The molecular formula is C30H36ClN5O4. The first-order valence-corrected chi connectivity index (χ1v) is 14.2. The van der Waals surface area contributed by atoms with Gasteiger partial charge >= 0.3 is 5.97 Å². The summed E-state index contributed by atoms with van der Waals surface area (Å²) in [7, 11) is 1.59. The molecule has 40 heavy (non-hydrogen) atoms. The summed E-state index contributed by atoms with van der Waals surface area (Å²) in [6.07, 6.45) is 5.64. The van der Waals surface area contributed by atoms with Crippen molar-refractivity contribution in [2.45, 2.75) is 51.7 Å². The molecule has 0 amide bonds. The molecule has 1 atom stereocenters. The molecule has 1 N–H and O–H groups in total. The number of rotatable bonds is 8. The SMILES string of the molecule is CON(c1ccc2c(c1)CCCC(N1CCOCC1)C2)c1ncc(Cl)c(Nc2ccccc2C(=O)OC(C)C)n1. The second-order valence-corrected chi connectivity index (χ2v) is 10.7. The van der Waals surface area contributed by atoms with E-state index < -0.39 is 5.97 Å². The van der Waals surface area contributed by atoms with Gasteiger partial charge in [-0.05, 0) is 74.9 Å². The standard InChI is InChI=1S/C30H36ClN5O4/c1-20(2)40-29(37)25-9-4-5-10-27(25)33-28-26(31)19-32-30(34-28)36(38-3)24-12-11-22-17-23(8-6-7-21(22)18-24)35-13-15-39-16-14-35/h4-5,9-12,18-20,23H,6-8,13-17H2,1-3H3,(H,32,33,34). The minimum absolute atomic E-state index is 0.240. The molecule has 1 aliphatic carbocycles. The van der Waals surface area contributed by atoms with Crippen molar-refractivity contribution in [1.82, 2.24) is 14.9 Å². The Labute approximate surface area is 240 Å².